The minimum absolute atomic E-state index is 0.0304. The molecule has 0 bridgehead atoms. The molecule has 4 rings (SSSR count). The van der Waals surface area contributed by atoms with Crippen molar-refractivity contribution < 1.29 is 4.79 Å². The van der Waals surface area contributed by atoms with Crippen molar-refractivity contribution in [1.82, 2.24) is 19.7 Å². The summed E-state index contributed by atoms with van der Waals surface area (Å²) in [5.74, 6) is -0.149. The molecule has 0 radical (unpaired) electrons. The van der Waals surface area contributed by atoms with Crippen LogP contribution in [0.2, 0.25) is 0 Å². The maximum atomic E-state index is 12.3. The average Bonchev–Trinajstić information content (AvgIpc) is 3.12. The SMILES string of the molecule is CC(C)C(=O)NC1c2ccccc2-c2[nH]c(=O)c3nccn3c21. The predicted molar refractivity (Wildman–Crippen MR) is 86.1 cm³/mol. The van der Waals surface area contributed by atoms with Gasteiger partial charge in [-0.25, -0.2) is 4.98 Å². The zero-order valence-corrected chi connectivity index (χ0v) is 12.8. The molecule has 1 aliphatic carbocycles. The third-order valence-corrected chi connectivity index (χ3v) is 4.22. The first kappa shape index (κ1) is 13.8. The molecule has 1 atom stereocenters. The van der Waals surface area contributed by atoms with Crippen molar-refractivity contribution >= 4 is 11.6 Å². The maximum Gasteiger partial charge on any atom is 0.292 e. The fraction of sp³-hybridized carbons (Fsp3) is 0.235. The lowest BCUT2D eigenvalue weighted by Gasteiger charge is -2.18. The van der Waals surface area contributed by atoms with Gasteiger partial charge in [-0.2, -0.15) is 0 Å². The van der Waals surface area contributed by atoms with Gasteiger partial charge in [0.25, 0.3) is 5.56 Å². The van der Waals surface area contributed by atoms with E-state index in [0.29, 0.717) is 5.65 Å². The molecule has 2 heterocycles. The number of nitrogens with one attached hydrogen (secondary N) is 2. The van der Waals surface area contributed by atoms with Crippen molar-refractivity contribution in [2.45, 2.75) is 19.9 Å². The van der Waals surface area contributed by atoms with Crippen LogP contribution < -0.4 is 10.9 Å². The van der Waals surface area contributed by atoms with E-state index >= 15 is 0 Å². The first-order valence-electron chi connectivity index (χ1n) is 7.57. The Morgan fingerprint density at radius 3 is 2.91 bits per heavy atom. The van der Waals surface area contributed by atoms with Gasteiger partial charge in [-0.3, -0.25) is 14.0 Å². The number of imidazole rings is 1. The molecule has 1 aliphatic rings. The molecule has 6 nitrogen and oxygen atoms in total. The zero-order chi connectivity index (χ0) is 16.1. The van der Waals surface area contributed by atoms with E-state index in [-0.39, 0.29) is 23.4 Å². The van der Waals surface area contributed by atoms with E-state index < -0.39 is 0 Å². The summed E-state index contributed by atoms with van der Waals surface area (Å²) in [6.07, 6.45) is 3.35. The molecule has 6 heteroatoms. The third kappa shape index (κ3) is 1.91. The van der Waals surface area contributed by atoms with Gasteiger partial charge in [-0.1, -0.05) is 38.1 Å². The van der Waals surface area contributed by atoms with E-state index in [2.05, 4.69) is 15.3 Å². The van der Waals surface area contributed by atoms with Gasteiger partial charge in [-0.15, -0.1) is 0 Å². The number of aromatic amines is 1. The summed E-state index contributed by atoms with van der Waals surface area (Å²) in [5.41, 5.74) is 3.59. The van der Waals surface area contributed by atoms with Gasteiger partial charge in [-0.05, 0) is 5.56 Å². The molecular formula is C17H16N4O2. The van der Waals surface area contributed by atoms with E-state index in [9.17, 15) is 9.59 Å². The van der Waals surface area contributed by atoms with Gasteiger partial charge in [0.05, 0.1) is 17.4 Å². The minimum Gasteiger partial charge on any atom is -0.343 e. The van der Waals surface area contributed by atoms with Crippen LogP contribution in [-0.4, -0.2) is 20.3 Å². The van der Waals surface area contributed by atoms with Gasteiger partial charge in [0.15, 0.2) is 0 Å². The normalized spacial score (nSPS) is 15.7. The Bertz CT molecular complexity index is 984. The van der Waals surface area contributed by atoms with Crippen LogP contribution in [0.4, 0.5) is 0 Å². The van der Waals surface area contributed by atoms with E-state index in [1.54, 1.807) is 16.8 Å². The molecule has 0 saturated carbocycles. The second kappa shape index (κ2) is 4.81. The number of aromatic nitrogens is 3. The molecule has 23 heavy (non-hydrogen) atoms. The third-order valence-electron chi connectivity index (χ3n) is 4.22. The molecule has 116 valence electrons. The van der Waals surface area contributed by atoms with Crippen molar-refractivity contribution in [3.8, 4) is 11.3 Å². The number of H-pyrrole nitrogens is 1. The predicted octanol–water partition coefficient (Wildman–Crippen LogP) is 1.86. The van der Waals surface area contributed by atoms with Gasteiger partial charge >= 0.3 is 0 Å². The fourth-order valence-corrected chi connectivity index (χ4v) is 3.09. The minimum atomic E-state index is -0.301. The van der Waals surface area contributed by atoms with E-state index in [1.165, 1.54) is 0 Å². The summed E-state index contributed by atoms with van der Waals surface area (Å²) < 4.78 is 1.76. The Morgan fingerprint density at radius 2 is 2.13 bits per heavy atom. The van der Waals surface area contributed by atoms with Gasteiger partial charge in [0, 0.05) is 23.9 Å². The first-order chi connectivity index (χ1) is 11.1. The van der Waals surface area contributed by atoms with Crippen LogP contribution in [0.3, 0.4) is 0 Å². The first-order valence-corrected chi connectivity index (χ1v) is 7.57. The second-order valence-electron chi connectivity index (χ2n) is 6.02. The fourth-order valence-electron chi connectivity index (χ4n) is 3.09. The van der Waals surface area contributed by atoms with Crippen molar-refractivity contribution in [3.63, 3.8) is 0 Å². The van der Waals surface area contributed by atoms with Crippen molar-refractivity contribution in [2.24, 2.45) is 5.92 Å². The maximum absolute atomic E-state index is 12.3. The molecule has 1 amide bonds. The molecule has 0 fully saturated rings. The van der Waals surface area contributed by atoms with Crippen LogP contribution in [-0.2, 0) is 4.79 Å². The summed E-state index contributed by atoms with van der Waals surface area (Å²) in [7, 11) is 0. The topological polar surface area (TPSA) is 79.3 Å². The molecule has 0 spiro atoms. The van der Waals surface area contributed by atoms with Crippen LogP contribution in [0.15, 0.2) is 41.5 Å². The number of carbonyl (C=O) groups is 1. The lowest BCUT2D eigenvalue weighted by molar-refractivity contribution is -0.124. The molecule has 2 aromatic heterocycles. The molecule has 2 N–H and O–H groups in total. The Hall–Kier alpha value is -2.89. The lowest BCUT2D eigenvalue weighted by Crippen LogP contribution is -2.32. The van der Waals surface area contributed by atoms with Crippen LogP contribution >= 0.6 is 0 Å². The quantitative estimate of drug-likeness (QED) is 0.758. The average molecular weight is 308 g/mol. The molecular weight excluding hydrogens is 292 g/mol. The summed E-state index contributed by atoms with van der Waals surface area (Å²) >= 11 is 0. The molecule has 3 aromatic rings. The number of hydrogen-bond donors (Lipinski definition) is 2. The number of fused-ring (bicyclic) bond motifs is 5. The number of hydrogen-bond acceptors (Lipinski definition) is 3. The van der Waals surface area contributed by atoms with Crippen LogP contribution in [0, 0.1) is 5.92 Å². The molecule has 0 aliphatic heterocycles. The van der Waals surface area contributed by atoms with Crippen LogP contribution in [0.5, 0.6) is 0 Å². The molecule has 0 saturated heterocycles. The lowest BCUT2D eigenvalue weighted by atomic mass is 10.1. The Kier molecular flexibility index (Phi) is 2.87. The number of nitrogens with zero attached hydrogens (tertiary/aromatic N) is 2. The highest BCUT2D eigenvalue weighted by molar-refractivity contribution is 5.82. The number of amides is 1. The van der Waals surface area contributed by atoms with Gasteiger partial charge < -0.3 is 10.3 Å². The van der Waals surface area contributed by atoms with Crippen LogP contribution in [0.25, 0.3) is 16.9 Å². The number of benzene rings is 1. The number of carbonyl (C=O) groups excluding carboxylic acids is 1. The van der Waals surface area contributed by atoms with Gasteiger partial charge in [0.2, 0.25) is 11.6 Å². The Balaban J connectivity index is 2.00. The van der Waals surface area contributed by atoms with Crippen LogP contribution in [0.1, 0.15) is 31.1 Å². The zero-order valence-electron chi connectivity index (χ0n) is 12.8. The highest BCUT2D eigenvalue weighted by Gasteiger charge is 2.33. The largest absolute Gasteiger partial charge is 0.343 e. The summed E-state index contributed by atoms with van der Waals surface area (Å²) in [5, 5.41) is 3.08. The van der Waals surface area contributed by atoms with Crippen molar-refractivity contribution in [2.75, 3.05) is 0 Å². The Morgan fingerprint density at radius 1 is 1.35 bits per heavy atom. The summed E-state index contributed by atoms with van der Waals surface area (Å²) in [6.45, 7) is 3.72. The standard InChI is InChI=1S/C17H16N4O2/c1-9(2)16(22)19-12-10-5-3-4-6-11(10)13-14(12)21-8-7-18-15(21)17(23)20-13/h3-9,12H,1-2H3,(H,19,22)(H,20,23). The van der Waals surface area contributed by atoms with Crippen molar-refractivity contribution in [1.29, 1.82) is 0 Å². The summed E-state index contributed by atoms with van der Waals surface area (Å²) in [6, 6.07) is 7.48. The summed E-state index contributed by atoms with van der Waals surface area (Å²) in [4.78, 5) is 31.5. The smallest absolute Gasteiger partial charge is 0.292 e. The highest BCUT2D eigenvalue weighted by atomic mass is 16.2. The van der Waals surface area contributed by atoms with E-state index in [0.717, 1.165) is 22.5 Å². The highest BCUT2D eigenvalue weighted by Crippen LogP contribution is 2.41. The Labute approximate surface area is 132 Å². The number of rotatable bonds is 2. The van der Waals surface area contributed by atoms with Crippen molar-refractivity contribution in [3.05, 3.63) is 58.3 Å². The molecule has 1 aromatic carbocycles. The van der Waals surface area contributed by atoms with E-state index in [4.69, 9.17) is 0 Å². The second-order valence-corrected chi connectivity index (χ2v) is 6.02. The molecule has 1 unspecified atom stereocenters. The van der Waals surface area contributed by atoms with Gasteiger partial charge in [0.1, 0.15) is 0 Å². The van der Waals surface area contributed by atoms with E-state index in [1.807, 2.05) is 38.1 Å². The monoisotopic (exact) mass is 308 g/mol.